The van der Waals surface area contributed by atoms with Crippen LogP contribution in [0.25, 0.3) is 0 Å². The Labute approximate surface area is 207 Å². The summed E-state index contributed by atoms with van der Waals surface area (Å²) in [6.45, 7) is 10.1. The Morgan fingerprint density at radius 2 is 1.46 bits per heavy atom. The van der Waals surface area contributed by atoms with Crippen molar-refractivity contribution in [2.45, 2.75) is 58.2 Å². The van der Waals surface area contributed by atoms with Crippen LogP contribution in [-0.4, -0.2) is 99.5 Å². The molecule has 1 aliphatic rings. The summed E-state index contributed by atoms with van der Waals surface area (Å²) in [5.74, 6) is -1.06. The molecule has 0 aromatic heterocycles. The van der Waals surface area contributed by atoms with Crippen molar-refractivity contribution in [3.63, 3.8) is 0 Å². The zero-order valence-electron chi connectivity index (χ0n) is 21.6. The van der Waals surface area contributed by atoms with E-state index in [1.54, 1.807) is 21.0 Å². The van der Waals surface area contributed by atoms with Crippen molar-refractivity contribution in [3.05, 3.63) is 12.2 Å². The van der Waals surface area contributed by atoms with Gasteiger partial charge in [0.2, 0.25) is 5.91 Å². The molecule has 1 aliphatic heterocycles. The van der Waals surface area contributed by atoms with Crippen LogP contribution in [0.1, 0.15) is 47.0 Å². The van der Waals surface area contributed by atoms with Crippen molar-refractivity contribution in [1.82, 2.24) is 15.5 Å². The summed E-state index contributed by atoms with van der Waals surface area (Å²) in [6, 6.07) is 0. The lowest BCUT2D eigenvalue weighted by Crippen LogP contribution is -2.46. The fraction of sp³-hybridized carbons (Fsp3) is 0.750. The van der Waals surface area contributed by atoms with E-state index in [1.165, 1.54) is 12.2 Å². The topological polar surface area (TPSA) is 132 Å². The van der Waals surface area contributed by atoms with E-state index in [0.29, 0.717) is 59.0 Å². The van der Waals surface area contributed by atoms with Gasteiger partial charge < -0.3 is 29.6 Å². The molecule has 200 valence electrons. The SMILES string of the molecule is COC(C)(C)CCOC(C)(C)C(=O)NCCOCCOCCNC(=O)CCCN1C(=O)C=CC1=O. The first-order chi connectivity index (χ1) is 16.5. The van der Waals surface area contributed by atoms with E-state index in [2.05, 4.69) is 10.6 Å². The number of amides is 4. The molecule has 0 unspecified atom stereocenters. The molecule has 2 N–H and O–H groups in total. The monoisotopic (exact) mass is 499 g/mol. The molecule has 1 rings (SSSR count). The van der Waals surface area contributed by atoms with Crippen LogP contribution in [-0.2, 0) is 38.1 Å². The van der Waals surface area contributed by atoms with Crippen molar-refractivity contribution >= 4 is 23.6 Å². The Balaban J connectivity index is 1.96. The maximum absolute atomic E-state index is 12.3. The van der Waals surface area contributed by atoms with E-state index < -0.39 is 5.60 Å². The molecular weight excluding hydrogens is 458 g/mol. The van der Waals surface area contributed by atoms with Crippen LogP contribution in [0.3, 0.4) is 0 Å². The molecule has 0 aromatic rings. The molecule has 0 saturated heterocycles. The average molecular weight is 500 g/mol. The van der Waals surface area contributed by atoms with Gasteiger partial charge in [-0.25, -0.2) is 0 Å². The molecule has 0 atom stereocenters. The summed E-state index contributed by atoms with van der Waals surface area (Å²) in [5.41, 5.74) is -1.25. The maximum atomic E-state index is 12.3. The minimum absolute atomic E-state index is 0.165. The third-order valence-electron chi connectivity index (χ3n) is 5.43. The lowest BCUT2D eigenvalue weighted by Gasteiger charge is -2.28. The molecular formula is C24H41N3O8. The zero-order chi connectivity index (χ0) is 26.3. The molecule has 0 saturated carbocycles. The number of methoxy groups -OCH3 is 1. The van der Waals surface area contributed by atoms with Crippen molar-refractivity contribution in [2.24, 2.45) is 0 Å². The molecule has 11 heteroatoms. The molecule has 4 amide bonds. The summed E-state index contributed by atoms with van der Waals surface area (Å²) in [6.07, 6.45) is 3.75. The highest BCUT2D eigenvalue weighted by molar-refractivity contribution is 6.12. The molecule has 35 heavy (non-hydrogen) atoms. The van der Waals surface area contributed by atoms with E-state index in [4.69, 9.17) is 18.9 Å². The number of ether oxygens (including phenoxy) is 4. The van der Waals surface area contributed by atoms with E-state index in [1.807, 2.05) is 13.8 Å². The quantitative estimate of drug-likeness (QED) is 0.195. The van der Waals surface area contributed by atoms with Gasteiger partial charge in [0, 0.05) is 45.3 Å². The fourth-order valence-corrected chi connectivity index (χ4v) is 2.89. The number of hydrogen-bond donors (Lipinski definition) is 2. The molecule has 0 bridgehead atoms. The summed E-state index contributed by atoms with van der Waals surface area (Å²) >= 11 is 0. The van der Waals surface area contributed by atoms with Crippen LogP contribution >= 0.6 is 0 Å². The fourth-order valence-electron chi connectivity index (χ4n) is 2.89. The number of nitrogens with zero attached hydrogens (tertiary/aromatic N) is 1. The third kappa shape index (κ3) is 12.8. The van der Waals surface area contributed by atoms with Crippen LogP contribution in [0.2, 0.25) is 0 Å². The maximum Gasteiger partial charge on any atom is 0.253 e. The van der Waals surface area contributed by atoms with Gasteiger partial charge in [-0.15, -0.1) is 0 Å². The van der Waals surface area contributed by atoms with E-state index in [-0.39, 0.29) is 42.2 Å². The third-order valence-corrected chi connectivity index (χ3v) is 5.43. The van der Waals surface area contributed by atoms with E-state index in [9.17, 15) is 19.2 Å². The zero-order valence-corrected chi connectivity index (χ0v) is 21.6. The van der Waals surface area contributed by atoms with E-state index >= 15 is 0 Å². The van der Waals surface area contributed by atoms with Crippen LogP contribution in [0.5, 0.6) is 0 Å². The van der Waals surface area contributed by atoms with Gasteiger partial charge in [-0.3, -0.25) is 24.1 Å². The molecule has 0 aliphatic carbocycles. The highest BCUT2D eigenvalue weighted by Gasteiger charge is 2.29. The Morgan fingerprint density at radius 3 is 2.03 bits per heavy atom. The number of nitrogens with one attached hydrogen (secondary N) is 2. The highest BCUT2D eigenvalue weighted by atomic mass is 16.5. The van der Waals surface area contributed by atoms with Gasteiger partial charge in [0.1, 0.15) is 5.60 Å². The highest BCUT2D eigenvalue weighted by Crippen LogP contribution is 2.16. The van der Waals surface area contributed by atoms with Crippen LogP contribution in [0.4, 0.5) is 0 Å². The van der Waals surface area contributed by atoms with Crippen molar-refractivity contribution in [3.8, 4) is 0 Å². The van der Waals surface area contributed by atoms with Gasteiger partial charge >= 0.3 is 0 Å². The van der Waals surface area contributed by atoms with Crippen molar-refractivity contribution < 1.29 is 38.1 Å². The summed E-state index contributed by atoms with van der Waals surface area (Å²) in [4.78, 5) is 48.0. The van der Waals surface area contributed by atoms with Gasteiger partial charge in [-0.1, -0.05) is 0 Å². The number of hydrogen-bond acceptors (Lipinski definition) is 8. The summed E-state index contributed by atoms with van der Waals surface area (Å²) in [5, 5.41) is 5.51. The predicted molar refractivity (Wildman–Crippen MR) is 128 cm³/mol. The molecule has 0 spiro atoms. The van der Waals surface area contributed by atoms with Crippen molar-refractivity contribution in [1.29, 1.82) is 0 Å². The molecule has 0 aromatic carbocycles. The predicted octanol–water partition coefficient (Wildman–Crippen LogP) is 0.568. The molecule has 1 heterocycles. The second-order valence-electron chi connectivity index (χ2n) is 9.17. The average Bonchev–Trinajstić information content (AvgIpc) is 3.12. The minimum atomic E-state index is -0.947. The smallest absolute Gasteiger partial charge is 0.253 e. The first-order valence-electron chi connectivity index (χ1n) is 11.9. The Morgan fingerprint density at radius 1 is 0.886 bits per heavy atom. The lowest BCUT2D eigenvalue weighted by atomic mass is 10.1. The summed E-state index contributed by atoms with van der Waals surface area (Å²) in [7, 11) is 1.65. The van der Waals surface area contributed by atoms with Gasteiger partial charge in [-0.2, -0.15) is 0 Å². The second kappa shape index (κ2) is 15.6. The van der Waals surface area contributed by atoms with Crippen LogP contribution in [0.15, 0.2) is 12.2 Å². The van der Waals surface area contributed by atoms with Gasteiger partial charge in [-0.05, 0) is 40.5 Å². The Kier molecular flexibility index (Phi) is 13.7. The normalized spacial score (nSPS) is 14.0. The van der Waals surface area contributed by atoms with Crippen LogP contribution in [0, 0.1) is 0 Å². The van der Waals surface area contributed by atoms with E-state index in [0.717, 1.165) is 4.90 Å². The minimum Gasteiger partial charge on any atom is -0.379 e. The Bertz CT molecular complexity index is 718. The standard InChI is InChI=1S/C24H41N3O8/c1-23(2,32-5)10-14-35-24(3,4)22(31)26-12-16-34-18-17-33-15-11-25-19(28)7-6-13-27-20(29)8-9-21(27)30/h8-9H,6-7,10-18H2,1-5H3,(H,25,28)(H,26,31). The largest absolute Gasteiger partial charge is 0.379 e. The van der Waals surface area contributed by atoms with Gasteiger partial charge in [0.15, 0.2) is 0 Å². The van der Waals surface area contributed by atoms with Crippen molar-refractivity contribution in [2.75, 3.05) is 59.8 Å². The second-order valence-corrected chi connectivity index (χ2v) is 9.17. The van der Waals surface area contributed by atoms with Gasteiger partial charge in [0.05, 0.1) is 38.6 Å². The molecule has 11 nitrogen and oxygen atoms in total. The van der Waals surface area contributed by atoms with Crippen LogP contribution < -0.4 is 10.6 Å². The number of carbonyl (C=O) groups excluding carboxylic acids is 4. The Hall–Kier alpha value is -2.34. The first-order valence-corrected chi connectivity index (χ1v) is 11.9. The first kappa shape index (κ1) is 30.7. The molecule has 0 fully saturated rings. The number of imide groups is 1. The molecule has 0 radical (unpaired) electrons. The number of rotatable bonds is 19. The lowest BCUT2D eigenvalue weighted by molar-refractivity contribution is -0.145. The summed E-state index contributed by atoms with van der Waals surface area (Å²) < 4.78 is 21.9. The van der Waals surface area contributed by atoms with Gasteiger partial charge in [0.25, 0.3) is 17.7 Å². The number of carbonyl (C=O) groups is 4.